The highest BCUT2D eigenvalue weighted by molar-refractivity contribution is 6.05. The van der Waals surface area contributed by atoms with Crippen molar-refractivity contribution in [2.45, 2.75) is 42.9 Å². The van der Waals surface area contributed by atoms with E-state index in [-0.39, 0.29) is 29.4 Å². The van der Waals surface area contributed by atoms with Crippen LogP contribution in [0.1, 0.15) is 35.2 Å². The molecule has 8 rings (SSSR count). The number of ether oxygens (including phenoxy) is 1. The summed E-state index contributed by atoms with van der Waals surface area (Å²) in [4.78, 5) is 31.2. The molecule has 2 aromatic carbocycles. The predicted molar refractivity (Wildman–Crippen MR) is 128 cm³/mol. The van der Waals surface area contributed by atoms with Gasteiger partial charge in [0.25, 0.3) is 5.91 Å². The largest absolute Gasteiger partial charge is 0.373 e. The van der Waals surface area contributed by atoms with Gasteiger partial charge in [-0.15, -0.1) is 0 Å². The minimum Gasteiger partial charge on any atom is -0.373 e. The maximum absolute atomic E-state index is 13.6. The third kappa shape index (κ3) is 2.28. The van der Waals surface area contributed by atoms with E-state index in [0.29, 0.717) is 36.5 Å². The molecule has 34 heavy (non-hydrogen) atoms. The molecule has 6 atom stereocenters. The lowest BCUT2D eigenvalue weighted by atomic mass is 9.53. The van der Waals surface area contributed by atoms with E-state index in [9.17, 15) is 9.59 Å². The Labute approximate surface area is 198 Å². The zero-order valence-corrected chi connectivity index (χ0v) is 18.9. The monoisotopic (exact) mass is 453 g/mol. The minimum absolute atomic E-state index is 0.00374. The molecule has 2 bridgehead atoms. The second-order valence-corrected chi connectivity index (χ2v) is 10.8. The van der Waals surface area contributed by atoms with Crippen LogP contribution in [0.5, 0.6) is 0 Å². The maximum Gasteiger partial charge on any atom is 0.255 e. The topological polar surface area (TPSA) is 61.9 Å². The summed E-state index contributed by atoms with van der Waals surface area (Å²) in [6, 6.07) is 16.1. The van der Waals surface area contributed by atoms with Crippen molar-refractivity contribution in [2.75, 3.05) is 29.9 Å². The van der Waals surface area contributed by atoms with Gasteiger partial charge < -0.3 is 15.0 Å². The van der Waals surface area contributed by atoms with Gasteiger partial charge in [0.15, 0.2) is 0 Å². The summed E-state index contributed by atoms with van der Waals surface area (Å²) >= 11 is 0. The van der Waals surface area contributed by atoms with Gasteiger partial charge >= 0.3 is 0 Å². The average molecular weight is 454 g/mol. The number of nitrogens with zero attached hydrogens (tertiary/aromatic N) is 2. The normalized spacial score (nSPS) is 36.6. The zero-order valence-electron chi connectivity index (χ0n) is 18.9. The van der Waals surface area contributed by atoms with Crippen LogP contribution in [0.25, 0.3) is 0 Å². The quantitative estimate of drug-likeness (QED) is 0.709. The fraction of sp³-hybridized carbons (Fsp3) is 0.429. The van der Waals surface area contributed by atoms with Gasteiger partial charge in [0.2, 0.25) is 5.91 Å². The first-order chi connectivity index (χ1) is 16.6. The predicted octanol–water partition coefficient (Wildman–Crippen LogP) is 3.34. The molecule has 0 aromatic heterocycles. The van der Waals surface area contributed by atoms with Gasteiger partial charge in [0.05, 0.1) is 25.2 Å². The molecule has 6 nitrogen and oxygen atoms in total. The summed E-state index contributed by atoms with van der Waals surface area (Å²) < 4.78 is 6.32. The number of hydrogen-bond donors (Lipinski definition) is 1. The molecule has 3 saturated heterocycles. The average Bonchev–Trinajstić information content (AvgIpc) is 3.32. The fourth-order valence-electron chi connectivity index (χ4n) is 8.42. The Morgan fingerprint density at radius 2 is 2.03 bits per heavy atom. The third-order valence-electron chi connectivity index (χ3n) is 9.60. The maximum atomic E-state index is 13.6. The lowest BCUT2D eigenvalue weighted by molar-refractivity contribution is -0.132. The number of rotatable bonds is 2. The zero-order chi connectivity index (χ0) is 22.6. The molecule has 6 aliphatic rings. The first-order valence-electron chi connectivity index (χ1n) is 12.5. The van der Waals surface area contributed by atoms with Gasteiger partial charge in [-0.2, -0.15) is 0 Å². The standard InChI is InChI=1S/C28H27N3O3/c32-24-14-22-25-19-13-23-28(9-10-30(23)15-17(19)8-11-34-22)20-12-18(6-7-21(20)31(24)26(25)28)29-27(33)16-4-2-1-3-5-16/h1-8,12,19,22-23,25-26H,9-11,13-15H2,(H,29,33)/t19-,22-,23-,25-,26-,28?/m0/s1. The first-order valence-corrected chi connectivity index (χ1v) is 12.5. The number of benzene rings is 2. The van der Waals surface area contributed by atoms with E-state index >= 15 is 0 Å². The van der Waals surface area contributed by atoms with Gasteiger partial charge in [-0.05, 0) is 61.2 Å². The van der Waals surface area contributed by atoms with Gasteiger partial charge in [-0.3, -0.25) is 14.5 Å². The van der Waals surface area contributed by atoms with Crippen molar-refractivity contribution < 1.29 is 14.3 Å². The molecule has 0 radical (unpaired) electrons. The molecule has 5 heterocycles. The highest BCUT2D eigenvalue weighted by atomic mass is 16.5. The number of nitrogens with one attached hydrogen (secondary N) is 1. The lowest BCUT2D eigenvalue weighted by Gasteiger charge is -2.58. The van der Waals surface area contributed by atoms with Crippen LogP contribution in [0.15, 0.2) is 60.2 Å². The summed E-state index contributed by atoms with van der Waals surface area (Å²) in [6.45, 7) is 2.72. The van der Waals surface area contributed by atoms with E-state index in [4.69, 9.17) is 4.74 Å². The van der Waals surface area contributed by atoms with E-state index in [1.165, 1.54) is 11.1 Å². The van der Waals surface area contributed by atoms with Crippen molar-refractivity contribution in [3.8, 4) is 0 Å². The number of hydrogen-bond acceptors (Lipinski definition) is 4. The smallest absolute Gasteiger partial charge is 0.255 e. The Morgan fingerprint density at radius 3 is 2.91 bits per heavy atom. The molecule has 1 spiro atoms. The Morgan fingerprint density at radius 1 is 1.15 bits per heavy atom. The number of amides is 2. The molecule has 1 unspecified atom stereocenters. The molecular formula is C28H27N3O3. The number of carbonyl (C=O) groups is 2. The number of piperidine rings is 2. The second kappa shape index (κ2) is 6.58. The van der Waals surface area contributed by atoms with Crippen molar-refractivity contribution in [3.63, 3.8) is 0 Å². The summed E-state index contributed by atoms with van der Waals surface area (Å²) in [6.07, 6.45) is 4.98. The van der Waals surface area contributed by atoms with E-state index in [1.54, 1.807) is 0 Å². The van der Waals surface area contributed by atoms with Crippen molar-refractivity contribution in [3.05, 3.63) is 71.3 Å². The molecule has 172 valence electrons. The second-order valence-electron chi connectivity index (χ2n) is 10.8. The number of carbonyl (C=O) groups excluding carboxylic acids is 2. The highest BCUT2D eigenvalue weighted by Crippen LogP contribution is 2.65. The SMILES string of the molecule is O=C(Nc1ccc2c(c1)C13CCN4CC5=CCO[C@H]6CC(=O)N2[C@H]1[C@H]6[C@H]5C[C@H]43)c1ccccc1. The van der Waals surface area contributed by atoms with Crippen LogP contribution in [0, 0.1) is 11.8 Å². The van der Waals surface area contributed by atoms with Gasteiger partial charge in [-0.25, -0.2) is 0 Å². The van der Waals surface area contributed by atoms with E-state index < -0.39 is 0 Å². The summed E-state index contributed by atoms with van der Waals surface area (Å²) in [5.41, 5.74) is 5.19. The Hall–Kier alpha value is -2.96. The molecule has 1 N–H and O–H groups in total. The van der Waals surface area contributed by atoms with Crippen LogP contribution in [0.2, 0.25) is 0 Å². The van der Waals surface area contributed by atoms with Crippen molar-refractivity contribution in [1.82, 2.24) is 4.90 Å². The van der Waals surface area contributed by atoms with Crippen LogP contribution in [0.3, 0.4) is 0 Å². The number of anilines is 2. The van der Waals surface area contributed by atoms with Crippen molar-refractivity contribution in [1.29, 1.82) is 0 Å². The van der Waals surface area contributed by atoms with Gasteiger partial charge in [-0.1, -0.05) is 29.8 Å². The van der Waals surface area contributed by atoms with Crippen LogP contribution in [0.4, 0.5) is 11.4 Å². The van der Waals surface area contributed by atoms with E-state index in [2.05, 4.69) is 33.3 Å². The van der Waals surface area contributed by atoms with Crippen LogP contribution >= 0.6 is 0 Å². The summed E-state index contributed by atoms with van der Waals surface area (Å²) in [5.74, 6) is 0.934. The summed E-state index contributed by atoms with van der Waals surface area (Å²) in [5, 5.41) is 3.11. The molecule has 5 aliphatic heterocycles. The van der Waals surface area contributed by atoms with Crippen LogP contribution < -0.4 is 10.2 Å². The number of fused-ring (bicyclic) bond motifs is 2. The molecule has 1 saturated carbocycles. The van der Waals surface area contributed by atoms with Crippen LogP contribution in [-0.4, -0.2) is 54.6 Å². The van der Waals surface area contributed by atoms with Gasteiger partial charge in [0, 0.05) is 40.9 Å². The molecular weight excluding hydrogens is 426 g/mol. The van der Waals surface area contributed by atoms with Crippen molar-refractivity contribution >= 4 is 23.2 Å². The molecule has 1 aliphatic carbocycles. The van der Waals surface area contributed by atoms with Crippen molar-refractivity contribution in [2.24, 2.45) is 11.8 Å². The third-order valence-corrected chi connectivity index (χ3v) is 9.60. The minimum atomic E-state index is -0.105. The summed E-state index contributed by atoms with van der Waals surface area (Å²) in [7, 11) is 0. The van der Waals surface area contributed by atoms with E-state index in [1.807, 2.05) is 36.4 Å². The van der Waals surface area contributed by atoms with Gasteiger partial charge in [0.1, 0.15) is 0 Å². The first kappa shape index (κ1) is 19.4. The Balaban J connectivity index is 1.27. The Kier molecular flexibility index (Phi) is 3.75. The Bertz CT molecular complexity index is 1270. The fourth-order valence-corrected chi connectivity index (χ4v) is 8.42. The molecule has 2 amide bonds. The highest BCUT2D eigenvalue weighted by Gasteiger charge is 2.71. The molecule has 4 fully saturated rings. The van der Waals surface area contributed by atoms with E-state index in [0.717, 1.165) is 37.3 Å². The lowest BCUT2D eigenvalue weighted by Crippen LogP contribution is -2.69. The molecule has 2 aromatic rings. The molecule has 6 heteroatoms. The van der Waals surface area contributed by atoms with Crippen LogP contribution in [-0.2, 0) is 14.9 Å².